The van der Waals surface area contributed by atoms with Gasteiger partial charge in [-0.3, -0.25) is 4.79 Å². The van der Waals surface area contributed by atoms with E-state index in [-0.39, 0.29) is 23.6 Å². The van der Waals surface area contributed by atoms with Gasteiger partial charge >= 0.3 is 0 Å². The van der Waals surface area contributed by atoms with Crippen LogP contribution in [0.25, 0.3) is 16.8 Å². The highest BCUT2D eigenvalue weighted by molar-refractivity contribution is 5.91. The van der Waals surface area contributed by atoms with Crippen LogP contribution < -0.4 is 11.1 Å². The maximum absolute atomic E-state index is 12.5. The van der Waals surface area contributed by atoms with Crippen molar-refractivity contribution in [2.75, 3.05) is 11.1 Å². The smallest absolute Gasteiger partial charge is 0.230 e. The van der Waals surface area contributed by atoms with E-state index in [1.54, 1.807) is 24.4 Å². The van der Waals surface area contributed by atoms with Gasteiger partial charge in [0.2, 0.25) is 5.91 Å². The van der Waals surface area contributed by atoms with Crippen molar-refractivity contribution in [3.8, 4) is 11.3 Å². The number of hydrogen-bond donors (Lipinski definition) is 2. The number of hydrogen-bond acceptors (Lipinski definition) is 7. The average molecular weight is 435 g/mol. The molecule has 0 aliphatic carbocycles. The largest absolute Gasteiger partial charge is 0.382 e. The summed E-state index contributed by atoms with van der Waals surface area (Å²) in [5.41, 5.74) is 8.69. The summed E-state index contributed by atoms with van der Waals surface area (Å²) in [6.45, 7) is 9.52. The number of aromatic nitrogens is 5. The molecule has 0 aliphatic rings. The van der Waals surface area contributed by atoms with Gasteiger partial charge in [0.05, 0.1) is 6.42 Å². The second-order valence-corrected chi connectivity index (χ2v) is 8.94. The quantitative estimate of drug-likeness (QED) is 0.487. The summed E-state index contributed by atoms with van der Waals surface area (Å²) in [6, 6.07) is 9.19. The number of imidazole rings is 1. The molecule has 3 N–H and O–H groups in total. The van der Waals surface area contributed by atoms with Crippen LogP contribution in [0, 0.1) is 0 Å². The zero-order valence-electron chi connectivity index (χ0n) is 19.8. The molecule has 4 rings (SSSR count). The highest BCUT2D eigenvalue weighted by Crippen LogP contribution is 2.30. The number of nitrogens with one attached hydrogen (secondary N) is 1. The van der Waals surface area contributed by atoms with E-state index in [1.807, 2.05) is 45.0 Å². The van der Waals surface area contributed by atoms with Crippen molar-refractivity contribution in [1.29, 1.82) is 0 Å². The maximum Gasteiger partial charge on any atom is 0.230 e. The van der Waals surface area contributed by atoms with E-state index in [2.05, 4.69) is 25.5 Å². The van der Waals surface area contributed by atoms with Gasteiger partial charge < -0.3 is 15.6 Å². The van der Waals surface area contributed by atoms with Gasteiger partial charge in [-0.2, -0.15) is 5.10 Å². The summed E-state index contributed by atoms with van der Waals surface area (Å²) in [5.74, 6) is 0.675. The Hall–Kier alpha value is -3.75. The molecule has 9 nitrogen and oxygen atoms in total. The van der Waals surface area contributed by atoms with Gasteiger partial charge in [-0.1, -0.05) is 64.0 Å². The zero-order valence-corrected chi connectivity index (χ0v) is 18.8. The molecule has 9 heteroatoms. The SMILES string of the molecule is [2H]C(C)(C)c1nc(-c2ccc(CC(=O)Nc3cc(C(C)(C)C)on3)cc2)c2c(N)ncnn12. The van der Waals surface area contributed by atoms with E-state index in [9.17, 15) is 4.79 Å². The van der Waals surface area contributed by atoms with Crippen molar-refractivity contribution in [3.63, 3.8) is 0 Å². The molecule has 0 saturated carbocycles. The monoisotopic (exact) mass is 434 g/mol. The van der Waals surface area contributed by atoms with Crippen molar-refractivity contribution in [1.82, 2.24) is 24.7 Å². The zero-order chi connectivity index (χ0) is 24.0. The molecule has 3 heterocycles. The first kappa shape index (κ1) is 20.2. The number of anilines is 2. The highest BCUT2D eigenvalue weighted by Gasteiger charge is 2.21. The highest BCUT2D eigenvalue weighted by atomic mass is 16.5. The number of amides is 1. The fraction of sp³-hybridized carbons (Fsp3) is 0.348. The first-order valence-electron chi connectivity index (χ1n) is 10.8. The Morgan fingerprint density at radius 2 is 2.00 bits per heavy atom. The third-order valence-corrected chi connectivity index (χ3v) is 5.02. The lowest BCUT2D eigenvalue weighted by Crippen LogP contribution is -2.14. The van der Waals surface area contributed by atoms with Crippen molar-refractivity contribution in [3.05, 3.63) is 53.8 Å². The number of benzene rings is 1. The predicted molar refractivity (Wildman–Crippen MR) is 122 cm³/mol. The lowest BCUT2D eigenvalue weighted by atomic mass is 9.93. The third-order valence-electron chi connectivity index (χ3n) is 5.02. The summed E-state index contributed by atoms with van der Waals surface area (Å²) < 4.78 is 15.3. The number of nitrogens with zero attached hydrogens (tertiary/aromatic N) is 5. The molecule has 0 radical (unpaired) electrons. The van der Waals surface area contributed by atoms with Crippen molar-refractivity contribution in [2.45, 2.75) is 52.3 Å². The fourth-order valence-electron chi connectivity index (χ4n) is 3.32. The Morgan fingerprint density at radius 1 is 1.28 bits per heavy atom. The molecule has 0 unspecified atom stereocenters. The van der Waals surface area contributed by atoms with E-state index >= 15 is 0 Å². The van der Waals surface area contributed by atoms with Gasteiger partial charge in [-0.15, -0.1) is 0 Å². The van der Waals surface area contributed by atoms with Crippen LogP contribution in [-0.4, -0.2) is 30.6 Å². The minimum Gasteiger partial charge on any atom is -0.382 e. The van der Waals surface area contributed by atoms with Crippen molar-refractivity contribution in [2.24, 2.45) is 0 Å². The van der Waals surface area contributed by atoms with E-state index in [1.165, 1.54) is 6.33 Å². The predicted octanol–water partition coefficient (Wildman–Crippen LogP) is 3.96. The van der Waals surface area contributed by atoms with E-state index in [0.717, 1.165) is 11.1 Å². The Bertz CT molecular complexity index is 1310. The van der Waals surface area contributed by atoms with Crippen LogP contribution in [0.4, 0.5) is 11.6 Å². The maximum atomic E-state index is 12.5. The van der Waals surface area contributed by atoms with E-state index in [0.29, 0.717) is 28.6 Å². The number of nitrogens with two attached hydrogens (primary N) is 1. The molecule has 1 aromatic carbocycles. The molecule has 3 aromatic heterocycles. The van der Waals surface area contributed by atoms with Crippen LogP contribution in [0.2, 0.25) is 0 Å². The lowest BCUT2D eigenvalue weighted by molar-refractivity contribution is -0.115. The van der Waals surface area contributed by atoms with Crippen LogP contribution in [0.5, 0.6) is 0 Å². The van der Waals surface area contributed by atoms with Crippen LogP contribution >= 0.6 is 0 Å². The molecule has 0 spiro atoms. The first-order chi connectivity index (χ1) is 15.4. The lowest BCUT2D eigenvalue weighted by Gasteiger charge is -2.12. The summed E-state index contributed by atoms with van der Waals surface area (Å²) in [4.78, 5) is 21.2. The van der Waals surface area contributed by atoms with Gasteiger partial charge in [0.15, 0.2) is 11.6 Å². The standard InChI is InChI=1S/C23H27N7O2/c1-13(2)22-28-19(20-21(24)25-12-26-30(20)22)15-8-6-14(7-9-15)10-18(31)27-17-11-16(32-29-17)23(3,4)5/h6-9,11-13H,10H2,1-5H3,(H2,24,25,26)(H,27,29,31)/i13D. The molecule has 32 heavy (non-hydrogen) atoms. The molecular formula is C23H27N7O2. The van der Waals surface area contributed by atoms with Crippen LogP contribution in [0.3, 0.4) is 0 Å². The Balaban J connectivity index is 1.55. The van der Waals surface area contributed by atoms with Crippen LogP contribution in [0.1, 0.15) is 59.0 Å². The third kappa shape index (κ3) is 4.18. The molecule has 4 aromatic rings. The summed E-state index contributed by atoms with van der Waals surface area (Å²) in [6.07, 6.45) is 1.53. The number of rotatable bonds is 5. The van der Waals surface area contributed by atoms with Crippen LogP contribution in [-0.2, 0) is 16.6 Å². The Labute approximate surface area is 187 Å². The average Bonchev–Trinajstić information content (AvgIpc) is 3.34. The molecular weight excluding hydrogens is 406 g/mol. The Morgan fingerprint density at radius 3 is 2.62 bits per heavy atom. The number of carbonyl (C=O) groups is 1. The second kappa shape index (κ2) is 8.07. The minimum absolute atomic E-state index is 0.179. The normalized spacial score (nSPS) is 12.7. The summed E-state index contributed by atoms with van der Waals surface area (Å²) >= 11 is 0. The van der Waals surface area contributed by atoms with Gasteiger partial charge in [-0.25, -0.2) is 14.5 Å². The number of nitrogen functional groups attached to an aromatic ring is 1. The van der Waals surface area contributed by atoms with Crippen molar-refractivity contribution >= 4 is 23.1 Å². The van der Waals surface area contributed by atoms with Gasteiger partial charge in [0, 0.05) is 24.3 Å². The fourth-order valence-corrected chi connectivity index (χ4v) is 3.32. The molecule has 166 valence electrons. The first-order valence-corrected chi connectivity index (χ1v) is 10.3. The molecule has 1 amide bonds. The molecule has 0 bridgehead atoms. The van der Waals surface area contributed by atoms with E-state index < -0.39 is 5.89 Å². The summed E-state index contributed by atoms with van der Waals surface area (Å²) in [7, 11) is 0. The molecule has 0 fully saturated rings. The molecule has 0 saturated heterocycles. The second-order valence-electron chi connectivity index (χ2n) is 8.94. The Kier molecular flexibility index (Phi) is 5.08. The minimum atomic E-state index is -0.978. The van der Waals surface area contributed by atoms with E-state index in [4.69, 9.17) is 11.6 Å². The van der Waals surface area contributed by atoms with Gasteiger partial charge in [0.1, 0.15) is 29.1 Å². The van der Waals surface area contributed by atoms with Crippen molar-refractivity contribution < 1.29 is 10.7 Å². The van der Waals surface area contributed by atoms with Gasteiger partial charge in [0.25, 0.3) is 0 Å². The molecule has 0 aliphatic heterocycles. The summed E-state index contributed by atoms with van der Waals surface area (Å²) in [5, 5.41) is 10.9. The molecule has 0 atom stereocenters. The van der Waals surface area contributed by atoms with Crippen LogP contribution in [0.15, 0.2) is 41.2 Å². The van der Waals surface area contributed by atoms with Gasteiger partial charge in [-0.05, 0) is 5.56 Å². The topological polar surface area (TPSA) is 124 Å². The number of fused-ring (bicyclic) bond motifs is 1. The number of carbonyl (C=O) groups excluding carboxylic acids is 1.